The van der Waals surface area contributed by atoms with Crippen LogP contribution in [0, 0.1) is 0 Å². The molecule has 0 radical (unpaired) electrons. The predicted molar refractivity (Wildman–Crippen MR) is 184 cm³/mol. The first-order valence-corrected chi connectivity index (χ1v) is 16.1. The number of anilines is 1. The molecule has 3 unspecified atom stereocenters. The monoisotopic (exact) mass is 729 g/mol. The van der Waals surface area contributed by atoms with Crippen molar-refractivity contribution in [3.8, 4) is 0 Å². The first kappa shape index (κ1) is 35.6. The van der Waals surface area contributed by atoms with Gasteiger partial charge in [-0.3, -0.25) is 9.36 Å². The summed E-state index contributed by atoms with van der Waals surface area (Å²) < 4.78 is 39.0. The number of H-pyrrole nitrogens is 1. The summed E-state index contributed by atoms with van der Waals surface area (Å²) in [6.07, 6.45) is -4.67. The third-order valence-corrected chi connectivity index (χ3v) is 8.37. The molecule has 5 aromatic rings. The van der Waals surface area contributed by atoms with E-state index in [-0.39, 0.29) is 28.6 Å². The number of benzene rings is 3. The number of aromatic nitrogens is 3. The number of esters is 2. The van der Waals surface area contributed by atoms with Gasteiger partial charge in [-0.25, -0.2) is 18.8 Å². The Morgan fingerprint density at radius 3 is 2.60 bits per heavy atom. The maximum Gasteiger partial charge on any atom is 0.351 e. The minimum absolute atomic E-state index is 0.0256. The first-order chi connectivity index (χ1) is 25.2. The van der Waals surface area contributed by atoms with E-state index in [9.17, 15) is 24.7 Å². The fourth-order valence-electron chi connectivity index (χ4n) is 5.75. The summed E-state index contributed by atoms with van der Waals surface area (Å²) in [5.74, 6) is -1.87. The number of alkyl halides is 1. The molecule has 2 N–H and O–H groups in total. The van der Waals surface area contributed by atoms with Crippen LogP contribution in [-0.4, -0.2) is 70.2 Å². The fourth-order valence-corrected chi connectivity index (χ4v) is 5.94. The Balaban J connectivity index is 1.27. The van der Waals surface area contributed by atoms with Gasteiger partial charge in [-0.05, 0) is 59.4 Å². The van der Waals surface area contributed by atoms with Crippen molar-refractivity contribution in [1.29, 1.82) is 0 Å². The van der Waals surface area contributed by atoms with E-state index >= 15 is 4.39 Å². The second-order valence-electron chi connectivity index (χ2n) is 11.6. The van der Waals surface area contributed by atoms with Gasteiger partial charge in [0.1, 0.15) is 19.0 Å². The molecule has 17 heteroatoms. The average molecular weight is 730 g/mol. The Morgan fingerprint density at radius 1 is 1.10 bits per heavy atom. The predicted octanol–water partition coefficient (Wildman–Crippen LogP) is 5.53. The Morgan fingerprint density at radius 2 is 1.87 bits per heavy atom. The maximum atomic E-state index is 16.5. The number of rotatable bonds is 14. The molecule has 15 nitrogen and oxygen atoms in total. The number of para-hydroxylation sites is 1. The fraction of sp³-hybridized carbons (Fsp3) is 0.229. The lowest BCUT2D eigenvalue weighted by molar-refractivity contribution is -0.129. The van der Waals surface area contributed by atoms with E-state index in [4.69, 9.17) is 30.5 Å². The summed E-state index contributed by atoms with van der Waals surface area (Å²) in [6.45, 7) is -0.688. The van der Waals surface area contributed by atoms with Crippen molar-refractivity contribution in [1.82, 2.24) is 14.5 Å². The molecule has 0 saturated carbocycles. The van der Waals surface area contributed by atoms with Crippen LogP contribution < -0.4 is 11.0 Å². The van der Waals surface area contributed by atoms with E-state index in [2.05, 4.69) is 25.3 Å². The van der Waals surface area contributed by atoms with Crippen LogP contribution in [0.2, 0.25) is 5.02 Å². The lowest BCUT2D eigenvalue weighted by atomic mass is 10.1. The van der Waals surface area contributed by atoms with Crippen LogP contribution in [0.4, 0.5) is 10.2 Å². The summed E-state index contributed by atoms with van der Waals surface area (Å²) in [7, 11) is 0. The molecule has 2 aromatic heterocycles. The molecule has 0 spiro atoms. The van der Waals surface area contributed by atoms with Crippen molar-refractivity contribution in [2.45, 2.75) is 36.7 Å². The molecule has 1 aliphatic rings. The molecule has 266 valence electrons. The molecule has 3 aromatic carbocycles. The maximum absolute atomic E-state index is 16.5. The van der Waals surface area contributed by atoms with E-state index in [1.54, 1.807) is 18.2 Å². The summed E-state index contributed by atoms with van der Waals surface area (Å²) >= 11 is 6.00. The quantitative estimate of drug-likeness (QED) is 0.0366. The number of fused-ring (bicyclic) bond motifs is 1. The number of hydrogen-bond donors (Lipinski definition) is 2. The summed E-state index contributed by atoms with van der Waals surface area (Å²) in [5.41, 5.74) is 7.87. The van der Waals surface area contributed by atoms with Gasteiger partial charge in [-0.1, -0.05) is 59.2 Å². The second-order valence-corrected chi connectivity index (χ2v) is 12.1. The molecule has 1 saturated heterocycles. The zero-order chi connectivity index (χ0) is 36.7. The van der Waals surface area contributed by atoms with Crippen molar-refractivity contribution < 1.29 is 37.7 Å². The molecule has 6 rings (SSSR count). The van der Waals surface area contributed by atoms with Gasteiger partial charge in [0.2, 0.25) is 5.72 Å². The van der Waals surface area contributed by atoms with Crippen molar-refractivity contribution >= 4 is 46.7 Å². The van der Waals surface area contributed by atoms with Gasteiger partial charge < -0.3 is 29.2 Å². The molecule has 1 fully saturated rings. The molecular weight excluding hydrogens is 701 g/mol. The Hall–Kier alpha value is -6.22. The van der Waals surface area contributed by atoms with Gasteiger partial charge in [-0.15, -0.1) is 0 Å². The minimum Gasteiger partial charge on any atom is -0.466 e. The number of nitrogens with one attached hydrogen (secondary N) is 2. The van der Waals surface area contributed by atoms with Crippen LogP contribution in [0.15, 0.2) is 107 Å². The Bertz CT molecular complexity index is 2160. The smallest absolute Gasteiger partial charge is 0.351 e. The average Bonchev–Trinajstić information content (AvgIpc) is 3.67. The standard InChI is InChI=1S/C35H29ClFN7O8/c36-24-11-6-10-23(15-24)32(46)50-19-35(42-43-38)30(51-33(47)21-7-2-1-3-8-21)29(37)31(52-35)44-14-13-28(41-34(44)48)40-26(18-49-20-45)17-25-16-22-9-4-5-12-27(22)39-25/h1-16,20,26,29-31,39H,17-19H2,(H,40,41,48)/t26?,29-,30?,31?,35+/m0/s1. The van der Waals surface area contributed by atoms with Gasteiger partial charge >= 0.3 is 17.6 Å². The summed E-state index contributed by atoms with van der Waals surface area (Å²) in [5, 5.41) is 7.88. The van der Waals surface area contributed by atoms with Crippen LogP contribution in [-0.2, 0) is 30.2 Å². The molecule has 1 aliphatic heterocycles. The zero-order valence-electron chi connectivity index (χ0n) is 27.0. The minimum atomic E-state index is -2.47. The third-order valence-electron chi connectivity index (χ3n) is 8.13. The van der Waals surface area contributed by atoms with E-state index in [1.165, 1.54) is 48.7 Å². The molecule has 0 aliphatic carbocycles. The van der Waals surface area contributed by atoms with Crippen molar-refractivity contribution in [2.24, 2.45) is 5.11 Å². The van der Waals surface area contributed by atoms with Crippen LogP contribution >= 0.6 is 11.6 Å². The summed E-state index contributed by atoms with van der Waals surface area (Å²) in [6, 6.07) is 23.8. The summed E-state index contributed by atoms with van der Waals surface area (Å²) in [4.78, 5) is 60.5. The van der Waals surface area contributed by atoms with Crippen LogP contribution in [0.25, 0.3) is 21.3 Å². The van der Waals surface area contributed by atoms with Gasteiger partial charge in [0.05, 0.1) is 17.2 Å². The number of carbonyl (C=O) groups excluding carboxylic acids is 3. The van der Waals surface area contributed by atoms with Crippen molar-refractivity contribution in [3.05, 3.63) is 140 Å². The number of hydrogen-bond acceptors (Lipinski definition) is 11. The lowest BCUT2D eigenvalue weighted by Gasteiger charge is -2.28. The highest BCUT2D eigenvalue weighted by molar-refractivity contribution is 6.30. The van der Waals surface area contributed by atoms with Crippen molar-refractivity contribution in [2.75, 3.05) is 18.5 Å². The topological polar surface area (TPSA) is 200 Å². The van der Waals surface area contributed by atoms with E-state index in [0.29, 0.717) is 12.9 Å². The number of carbonyl (C=O) groups is 3. The van der Waals surface area contributed by atoms with Gasteiger partial charge in [0, 0.05) is 33.8 Å². The Labute approximate surface area is 298 Å². The number of azide groups is 1. The zero-order valence-corrected chi connectivity index (χ0v) is 27.8. The second kappa shape index (κ2) is 15.8. The molecule has 0 amide bonds. The molecular formula is C35H29ClFN7O8. The third kappa shape index (κ3) is 7.89. The highest BCUT2D eigenvalue weighted by atomic mass is 35.5. The first-order valence-electron chi connectivity index (χ1n) is 15.7. The van der Waals surface area contributed by atoms with Gasteiger partial charge in [0.25, 0.3) is 6.47 Å². The number of ether oxygens (including phenoxy) is 4. The van der Waals surface area contributed by atoms with Crippen molar-refractivity contribution in [3.63, 3.8) is 0 Å². The Kier molecular flexibility index (Phi) is 10.8. The van der Waals surface area contributed by atoms with Crippen LogP contribution in [0.3, 0.4) is 0 Å². The normalized spacial score (nSPS) is 20.0. The molecule has 3 heterocycles. The van der Waals surface area contributed by atoms with E-state index < -0.39 is 54.5 Å². The number of aromatic amines is 1. The van der Waals surface area contributed by atoms with E-state index in [1.807, 2.05) is 30.3 Å². The number of halogens is 2. The highest BCUT2D eigenvalue weighted by Gasteiger charge is 2.60. The molecule has 0 bridgehead atoms. The molecule has 52 heavy (non-hydrogen) atoms. The van der Waals surface area contributed by atoms with E-state index in [0.717, 1.165) is 21.2 Å². The van der Waals surface area contributed by atoms with Gasteiger partial charge in [-0.2, -0.15) is 4.98 Å². The van der Waals surface area contributed by atoms with Crippen LogP contribution in [0.5, 0.6) is 0 Å². The highest BCUT2D eigenvalue weighted by Crippen LogP contribution is 2.42. The molecule has 5 atom stereocenters. The van der Waals surface area contributed by atoms with Crippen LogP contribution in [0.1, 0.15) is 32.6 Å². The lowest BCUT2D eigenvalue weighted by Crippen LogP contribution is -2.47. The SMILES string of the molecule is [N-]=[N+]=N[C@]1(COC(=O)c2cccc(Cl)c2)OC(n2ccc(NC(COC=O)Cc3cc4ccccc4[nH]3)nc2=O)[C@@H](F)C1OC(=O)c1ccccc1. The van der Waals surface area contributed by atoms with Gasteiger partial charge in [0.15, 0.2) is 18.5 Å². The number of nitrogens with zero attached hydrogens (tertiary/aromatic N) is 5. The largest absolute Gasteiger partial charge is 0.466 e.